The highest BCUT2D eigenvalue weighted by molar-refractivity contribution is 7.71. The standard InChI is InChI=1S/C15H12N4OS/c1-20-13-7-10(5-6-17-13)9-19-12-4-2-3-11(8-16)14(12)18-15(19)21/h2-7H,9H2,1H3,(H,18,21). The van der Waals surface area contributed by atoms with Crippen LogP contribution in [0.2, 0.25) is 0 Å². The molecule has 1 N–H and O–H groups in total. The number of aromatic nitrogens is 3. The number of methoxy groups -OCH3 is 1. The summed E-state index contributed by atoms with van der Waals surface area (Å²) in [5.41, 5.74) is 3.30. The second-order valence-corrected chi connectivity index (χ2v) is 4.92. The normalized spacial score (nSPS) is 10.5. The summed E-state index contributed by atoms with van der Waals surface area (Å²) in [6, 6.07) is 11.5. The Kier molecular flexibility index (Phi) is 3.42. The van der Waals surface area contributed by atoms with E-state index in [1.165, 1.54) is 0 Å². The van der Waals surface area contributed by atoms with Gasteiger partial charge in [0.05, 0.1) is 30.3 Å². The Bertz CT molecular complexity index is 904. The van der Waals surface area contributed by atoms with Gasteiger partial charge in [0.1, 0.15) is 6.07 Å². The summed E-state index contributed by atoms with van der Waals surface area (Å²) >= 11 is 5.37. The lowest BCUT2D eigenvalue weighted by Gasteiger charge is -2.06. The van der Waals surface area contributed by atoms with Crippen molar-refractivity contribution in [2.45, 2.75) is 6.54 Å². The molecule has 104 valence electrons. The van der Waals surface area contributed by atoms with Crippen LogP contribution >= 0.6 is 12.2 Å². The summed E-state index contributed by atoms with van der Waals surface area (Å²) in [7, 11) is 1.59. The van der Waals surface area contributed by atoms with E-state index in [0.717, 1.165) is 16.6 Å². The van der Waals surface area contributed by atoms with Gasteiger partial charge in [-0.3, -0.25) is 0 Å². The number of nitrogens with one attached hydrogen (secondary N) is 1. The SMILES string of the molecule is COc1cc(Cn2c(=S)[nH]c3c(C#N)cccc32)ccn1. The summed E-state index contributed by atoms with van der Waals surface area (Å²) < 4.78 is 7.68. The third-order valence-electron chi connectivity index (χ3n) is 3.28. The summed E-state index contributed by atoms with van der Waals surface area (Å²) in [4.78, 5) is 7.19. The van der Waals surface area contributed by atoms with Crippen LogP contribution < -0.4 is 4.74 Å². The van der Waals surface area contributed by atoms with Gasteiger partial charge < -0.3 is 14.3 Å². The fourth-order valence-electron chi connectivity index (χ4n) is 2.27. The van der Waals surface area contributed by atoms with Crippen LogP contribution in [0.5, 0.6) is 5.88 Å². The van der Waals surface area contributed by atoms with Crippen molar-refractivity contribution in [1.29, 1.82) is 5.26 Å². The number of hydrogen-bond acceptors (Lipinski definition) is 4. The number of imidazole rings is 1. The van der Waals surface area contributed by atoms with Crippen molar-refractivity contribution < 1.29 is 4.74 Å². The highest BCUT2D eigenvalue weighted by atomic mass is 32.1. The molecule has 0 spiro atoms. The van der Waals surface area contributed by atoms with E-state index in [-0.39, 0.29) is 0 Å². The predicted octanol–water partition coefficient (Wildman–Crippen LogP) is 3.02. The number of benzene rings is 1. The molecule has 0 amide bonds. The molecule has 0 saturated carbocycles. The Morgan fingerprint density at radius 1 is 1.43 bits per heavy atom. The van der Waals surface area contributed by atoms with E-state index in [0.29, 0.717) is 22.8 Å². The Hall–Kier alpha value is -2.65. The van der Waals surface area contributed by atoms with Crippen LogP contribution in [0, 0.1) is 16.1 Å². The number of aromatic amines is 1. The van der Waals surface area contributed by atoms with E-state index >= 15 is 0 Å². The first-order chi connectivity index (χ1) is 10.2. The molecular formula is C15H12N4OS. The third-order valence-corrected chi connectivity index (χ3v) is 3.60. The third kappa shape index (κ3) is 2.39. The highest BCUT2D eigenvalue weighted by Gasteiger charge is 2.09. The monoisotopic (exact) mass is 296 g/mol. The lowest BCUT2D eigenvalue weighted by molar-refractivity contribution is 0.397. The van der Waals surface area contributed by atoms with Crippen LogP contribution in [0.1, 0.15) is 11.1 Å². The quantitative estimate of drug-likeness (QED) is 0.754. The van der Waals surface area contributed by atoms with Crippen molar-refractivity contribution in [2.75, 3.05) is 7.11 Å². The smallest absolute Gasteiger partial charge is 0.213 e. The van der Waals surface area contributed by atoms with Gasteiger partial charge in [0.2, 0.25) is 5.88 Å². The number of nitrogens with zero attached hydrogens (tertiary/aromatic N) is 3. The molecule has 3 aromatic rings. The van der Waals surface area contributed by atoms with Crippen molar-refractivity contribution in [3.05, 3.63) is 52.4 Å². The summed E-state index contributed by atoms with van der Waals surface area (Å²) in [6.45, 7) is 0.590. The van der Waals surface area contributed by atoms with Crippen molar-refractivity contribution >= 4 is 23.3 Å². The second-order valence-electron chi connectivity index (χ2n) is 4.53. The Morgan fingerprint density at radius 3 is 3.05 bits per heavy atom. The number of ether oxygens (including phenoxy) is 1. The zero-order valence-electron chi connectivity index (χ0n) is 11.3. The molecule has 0 aliphatic rings. The average molecular weight is 296 g/mol. The van der Waals surface area contributed by atoms with E-state index in [4.69, 9.17) is 22.2 Å². The number of pyridine rings is 1. The minimum atomic E-state index is 0.566. The number of hydrogen-bond donors (Lipinski definition) is 1. The molecule has 2 heterocycles. The van der Waals surface area contributed by atoms with Crippen molar-refractivity contribution in [2.24, 2.45) is 0 Å². The van der Waals surface area contributed by atoms with Crippen LogP contribution in [0.25, 0.3) is 11.0 Å². The van der Waals surface area contributed by atoms with Crippen LogP contribution in [-0.2, 0) is 6.54 Å². The molecule has 0 aliphatic carbocycles. The van der Waals surface area contributed by atoms with E-state index < -0.39 is 0 Å². The van der Waals surface area contributed by atoms with Gasteiger partial charge in [-0.1, -0.05) is 6.07 Å². The summed E-state index contributed by atoms with van der Waals surface area (Å²) in [5.74, 6) is 0.566. The van der Waals surface area contributed by atoms with Gasteiger partial charge in [-0.15, -0.1) is 0 Å². The maximum Gasteiger partial charge on any atom is 0.213 e. The maximum absolute atomic E-state index is 9.16. The predicted molar refractivity (Wildman–Crippen MR) is 81.7 cm³/mol. The average Bonchev–Trinajstić information content (AvgIpc) is 2.83. The topological polar surface area (TPSA) is 66.6 Å². The molecule has 2 aromatic heterocycles. The molecule has 0 atom stereocenters. The first-order valence-electron chi connectivity index (χ1n) is 6.33. The molecule has 0 saturated heterocycles. The van der Waals surface area contributed by atoms with Gasteiger partial charge in [0, 0.05) is 12.3 Å². The van der Waals surface area contributed by atoms with Gasteiger partial charge in [-0.25, -0.2) is 4.98 Å². The lowest BCUT2D eigenvalue weighted by atomic mass is 10.2. The molecule has 0 bridgehead atoms. The van der Waals surface area contributed by atoms with Crippen molar-refractivity contribution in [1.82, 2.24) is 14.5 Å². The van der Waals surface area contributed by atoms with Gasteiger partial charge in [0.25, 0.3) is 0 Å². The van der Waals surface area contributed by atoms with Crippen LogP contribution in [-0.4, -0.2) is 21.6 Å². The second kappa shape index (κ2) is 5.38. The number of fused-ring (bicyclic) bond motifs is 1. The fraction of sp³-hybridized carbons (Fsp3) is 0.133. The van der Waals surface area contributed by atoms with Gasteiger partial charge >= 0.3 is 0 Å². The van der Waals surface area contributed by atoms with Crippen LogP contribution in [0.3, 0.4) is 0 Å². The van der Waals surface area contributed by atoms with E-state index in [9.17, 15) is 0 Å². The van der Waals surface area contributed by atoms with E-state index in [2.05, 4.69) is 16.0 Å². The van der Waals surface area contributed by atoms with Gasteiger partial charge in [0.15, 0.2) is 4.77 Å². The van der Waals surface area contributed by atoms with E-state index in [1.54, 1.807) is 19.4 Å². The molecule has 0 aliphatic heterocycles. The van der Waals surface area contributed by atoms with Gasteiger partial charge in [-0.05, 0) is 36.0 Å². The number of H-pyrrole nitrogens is 1. The van der Waals surface area contributed by atoms with E-state index in [1.807, 2.05) is 28.8 Å². The molecular weight excluding hydrogens is 284 g/mol. The number of rotatable bonds is 3. The Morgan fingerprint density at radius 2 is 2.29 bits per heavy atom. The zero-order valence-corrected chi connectivity index (χ0v) is 12.1. The molecule has 1 aromatic carbocycles. The first kappa shape index (κ1) is 13.3. The lowest BCUT2D eigenvalue weighted by Crippen LogP contribution is -2.00. The zero-order chi connectivity index (χ0) is 14.8. The van der Waals surface area contributed by atoms with Gasteiger partial charge in [-0.2, -0.15) is 5.26 Å². The molecule has 21 heavy (non-hydrogen) atoms. The number of nitriles is 1. The molecule has 3 rings (SSSR count). The molecule has 0 fully saturated rings. The largest absolute Gasteiger partial charge is 0.481 e. The minimum absolute atomic E-state index is 0.566. The number of para-hydroxylation sites is 1. The van der Waals surface area contributed by atoms with Crippen LogP contribution in [0.4, 0.5) is 0 Å². The minimum Gasteiger partial charge on any atom is -0.481 e. The Labute approximate surface area is 126 Å². The highest BCUT2D eigenvalue weighted by Crippen LogP contribution is 2.20. The summed E-state index contributed by atoms with van der Waals surface area (Å²) in [5, 5.41) is 9.16. The fourth-order valence-corrected chi connectivity index (χ4v) is 2.54. The molecule has 0 radical (unpaired) electrons. The summed E-state index contributed by atoms with van der Waals surface area (Å²) in [6.07, 6.45) is 1.70. The molecule has 0 unspecified atom stereocenters. The van der Waals surface area contributed by atoms with Crippen molar-refractivity contribution in [3.8, 4) is 11.9 Å². The Balaban J connectivity index is 2.11. The maximum atomic E-state index is 9.16. The first-order valence-corrected chi connectivity index (χ1v) is 6.74. The van der Waals surface area contributed by atoms with Crippen LogP contribution in [0.15, 0.2) is 36.5 Å². The van der Waals surface area contributed by atoms with Crippen molar-refractivity contribution in [3.63, 3.8) is 0 Å². The molecule has 5 nitrogen and oxygen atoms in total. The molecule has 6 heteroatoms.